The molecule has 0 unspecified atom stereocenters. The van der Waals surface area contributed by atoms with Crippen molar-refractivity contribution in [1.82, 2.24) is 10.6 Å². The Morgan fingerprint density at radius 1 is 1.24 bits per heavy atom. The molecule has 1 heterocycles. The summed E-state index contributed by atoms with van der Waals surface area (Å²) < 4.78 is 41.9. The number of nitrogens with zero attached hydrogens (tertiary/aromatic N) is 1. The van der Waals surface area contributed by atoms with Crippen molar-refractivity contribution in [2.45, 2.75) is 25.8 Å². The molecular formula is C17H22FN3O3S. The van der Waals surface area contributed by atoms with Gasteiger partial charge >= 0.3 is 0 Å². The lowest BCUT2D eigenvalue weighted by molar-refractivity contribution is 0.501. The summed E-state index contributed by atoms with van der Waals surface area (Å²) in [5, 5.41) is 6.19. The second-order valence-electron chi connectivity index (χ2n) is 5.61. The van der Waals surface area contributed by atoms with Gasteiger partial charge in [0.05, 0.1) is 25.1 Å². The average molecular weight is 367 g/mol. The number of guanidine groups is 1. The van der Waals surface area contributed by atoms with E-state index in [4.69, 9.17) is 4.42 Å². The third-order valence-electron chi connectivity index (χ3n) is 3.35. The van der Waals surface area contributed by atoms with Crippen LogP contribution in [0.1, 0.15) is 23.8 Å². The van der Waals surface area contributed by atoms with Gasteiger partial charge in [0, 0.05) is 12.8 Å². The van der Waals surface area contributed by atoms with Crippen LogP contribution in [-0.4, -0.2) is 27.2 Å². The fourth-order valence-corrected chi connectivity index (χ4v) is 3.10. The van der Waals surface area contributed by atoms with Gasteiger partial charge in [0.2, 0.25) is 0 Å². The Labute approximate surface area is 147 Å². The molecule has 2 N–H and O–H groups in total. The predicted molar refractivity (Wildman–Crippen MR) is 95.3 cm³/mol. The van der Waals surface area contributed by atoms with E-state index in [9.17, 15) is 12.8 Å². The van der Waals surface area contributed by atoms with Gasteiger partial charge in [0.25, 0.3) is 0 Å². The highest BCUT2D eigenvalue weighted by Gasteiger charge is 2.11. The number of aliphatic imine (C=N–C) groups is 1. The molecule has 0 bridgehead atoms. The standard InChI is InChI=1S/C17H22FN3O3S/c1-3-19-17(21-11-16-5-4-8-24-16)20-10-14-9-15(18)7-6-13(14)12-25(2,22)23/h4-9H,3,10-12H2,1-2H3,(H2,19,20,21). The summed E-state index contributed by atoms with van der Waals surface area (Å²) in [7, 11) is -3.22. The second-order valence-corrected chi connectivity index (χ2v) is 7.75. The van der Waals surface area contributed by atoms with Gasteiger partial charge in [-0.05, 0) is 42.3 Å². The summed E-state index contributed by atoms with van der Waals surface area (Å²) in [5.41, 5.74) is 1.09. The maximum atomic E-state index is 13.5. The van der Waals surface area contributed by atoms with E-state index >= 15 is 0 Å². The third-order valence-corrected chi connectivity index (χ3v) is 4.18. The van der Waals surface area contributed by atoms with Crippen LogP contribution in [0.4, 0.5) is 4.39 Å². The van der Waals surface area contributed by atoms with Crippen LogP contribution in [0.2, 0.25) is 0 Å². The first-order valence-electron chi connectivity index (χ1n) is 7.87. The van der Waals surface area contributed by atoms with E-state index in [1.54, 1.807) is 12.3 Å². The van der Waals surface area contributed by atoms with Crippen molar-refractivity contribution < 1.29 is 17.2 Å². The number of rotatable bonds is 7. The van der Waals surface area contributed by atoms with Gasteiger partial charge in [-0.25, -0.2) is 17.8 Å². The van der Waals surface area contributed by atoms with Crippen LogP contribution in [0.3, 0.4) is 0 Å². The van der Waals surface area contributed by atoms with Crippen LogP contribution < -0.4 is 10.6 Å². The molecule has 1 aromatic heterocycles. The summed E-state index contributed by atoms with van der Waals surface area (Å²) in [6, 6.07) is 7.71. The molecule has 25 heavy (non-hydrogen) atoms. The fourth-order valence-electron chi connectivity index (χ4n) is 2.25. The van der Waals surface area contributed by atoms with Crippen molar-refractivity contribution in [2.75, 3.05) is 12.8 Å². The minimum absolute atomic E-state index is 0.144. The SMILES string of the molecule is CCNC(=NCc1cc(F)ccc1CS(C)(=O)=O)NCc1ccco1. The van der Waals surface area contributed by atoms with Gasteiger partial charge in [-0.1, -0.05) is 6.07 Å². The van der Waals surface area contributed by atoms with E-state index in [-0.39, 0.29) is 12.3 Å². The van der Waals surface area contributed by atoms with Crippen LogP contribution in [0.15, 0.2) is 46.0 Å². The zero-order chi connectivity index (χ0) is 18.3. The molecule has 0 aliphatic heterocycles. The fraction of sp³-hybridized carbons (Fsp3) is 0.353. The predicted octanol–water partition coefficient (Wildman–Crippen LogP) is 2.22. The molecule has 1 aromatic carbocycles. The van der Waals surface area contributed by atoms with E-state index in [0.29, 0.717) is 30.2 Å². The van der Waals surface area contributed by atoms with Crippen molar-refractivity contribution in [3.8, 4) is 0 Å². The molecule has 136 valence electrons. The molecule has 0 saturated heterocycles. The number of sulfone groups is 1. The Balaban J connectivity index is 2.14. The third kappa shape index (κ3) is 6.58. The molecular weight excluding hydrogens is 345 g/mol. The Bertz CT molecular complexity index is 818. The molecule has 0 atom stereocenters. The maximum absolute atomic E-state index is 13.5. The lowest BCUT2D eigenvalue weighted by atomic mass is 10.1. The van der Waals surface area contributed by atoms with E-state index in [0.717, 1.165) is 12.0 Å². The van der Waals surface area contributed by atoms with Crippen molar-refractivity contribution in [3.05, 3.63) is 59.3 Å². The molecule has 0 amide bonds. The molecule has 0 spiro atoms. The minimum Gasteiger partial charge on any atom is -0.467 e. The zero-order valence-corrected chi connectivity index (χ0v) is 15.1. The number of halogens is 1. The normalized spacial score (nSPS) is 12.2. The van der Waals surface area contributed by atoms with E-state index in [2.05, 4.69) is 15.6 Å². The van der Waals surface area contributed by atoms with Gasteiger partial charge in [-0.2, -0.15) is 0 Å². The highest BCUT2D eigenvalue weighted by Crippen LogP contribution is 2.15. The van der Waals surface area contributed by atoms with Gasteiger partial charge in [-0.3, -0.25) is 0 Å². The largest absolute Gasteiger partial charge is 0.467 e. The van der Waals surface area contributed by atoms with Gasteiger partial charge in [0.1, 0.15) is 11.6 Å². The molecule has 0 radical (unpaired) electrons. The molecule has 0 aliphatic carbocycles. The number of furan rings is 1. The summed E-state index contributed by atoms with van der Waals surface area (Å²) in [6.07, 6.45) is 2.74. The van der Waals surface area contributed by atoms with E-state index in [1.807, 2.05) is 13.0 Å². The number of hydrogen-bond donors (Lipinski definition) is 2. The van der Waals surface area contributed by atoms with Gasteiger partial charge in [-0.15, -0.1) is 0 Å². The highest BCUT2D eigenvalue weighted by atomic mass is 32.2. The first-order chi connectivity index (χ1) is 11.9. The molecule has 0 aliphatic rings. The molecule has 0 saturated carbocycles. The summed E-state index contributed by atoms with van der Waals surface area (Å²) in [6.45, 7) is 3.21. The summed E-state index contributed by atoms with van der Waals surface area (Å²) >= 11 is 0. The molecule has 6 nitrogen and oxygen atoms in total. The van der Waals surface area contributed by atoms with Crippen molar-refractivity contribution in [2.24, 2.45) is 4.99 Å². The lowest BCUT2D eigenvalue weighted by Crippen LogP contribution is -2.36. The quantitative estimate of drug-likeness (QED) is 0.579. The Hall–Kier alpha value is -2.35. The zero-order valence-electron chi connectivity index (χ0n) is 14.3. The Morgan fingerprint density at radius 2 is 2.04 bits per heavy atom. The van der Waals surface area contributed by atoms with Crippen LogP contribution in [0.5, 0.6) is 0 Å². The Morgan fingerprint density at radius 3 is 2.68 bits per heavy atom. The van der Waals surface area contributed by atoms with Crippen LogP contribution >= 0.6 is 0 Å². The Kier molecular flexibility index (Phi) is 6.58. The summed E-state index contributed by atoms with van der Waals surface area (Å²) in [5.74, 6) is 0.729. The first-order valence-corrected chi connectivity index (χ1v) is 9.93. The van der Waals surface area contributed by atoms with Crippen LogP contribution in [0.25, 0.3) is 0 Å². The summed E-state index contributed by atoms with van der Waals surface area (Å²) in [4.78, 5) is 4.41. The van der Waals surface area contributed by atoms with Crippen molar-refractivity contribution in [1.29, 1.82) is 0 Å². The van der Waals surface area contributed by atoms with Crippen molar-refractivity contribution >= 4 is 15.8 Å². The van der Waals surface area contributed by atoms with E-state index in [1.165, 1.54) is 18.2 Å². The topological polar surface area (TPSA) is 83.7 Å². The molecule has 0 fully saturated rings. The second kappa shape index (κ2) is 8.66. The number of benzene rings is 1. The van der Waals surface area contributed by atoms with Gasteiger partial charge < -0.3 is 15.1 Å². The highest BCUT2D eigenvalue weighted by molar-refractivity contribution is 7.89. The smallest absolute Gasteiger partial charge is 0.191 e. The lowest BCUT2D eigenvalue weighted by Gasteiger charge is -2.12. The average Bonchev–Trinajstić information content (AvgIpc) is 3.04. The van der Waals surface area contributed by atoms with Crippen LogP contribution in [-0.2, 0) is 28.7 Å². The minimum atomic E-state index is -3.22. The molecule has 8 heteroatoms. The number of hydrogen-bond acceptors (Lipinski definition) is 4. The number of nitrogens with one attached hydrogen (secondary N) is 2. The van der Waals surface area contributed by atoms with Gasteiger partial charge in [0.15, 0.2) is 15.8 Å². The van der Waals surface area contributed by atoms with Crippen molar-refractivity contribution in [3.63, 3.8) is 0 Å². The maximum Gasteiger partial charge on any atom is 0.191 e. The first kappa shape index (κ1) is 19.0. The molecule has 2 rings (SSSR count). The van der Waals surface area contributed by atoms with E-state index < -0.39 is 15.7 Å². The molecule has 2 aromatic rings. The van der Waals surface area contributed by atoms with Crippen LogP contribution in [0, 0.1) is 5.82 Å². The monoisotopic (exact) mass is 367 g/mol.